The molecule has 8 heteroatoms. The zero-order valence-corrected chi connectivity index (χ0v) is 18.2. The Bertz CT molecular complexity index is 846. The van der Waals surface area contributed by atoms with E-state index in [1.807, 2.05) is 60.7 Å². The van der Waals surface area contributed by atoms with Gasteiger partial charge < -0.3 is 24.1 Å². The minimum atomic E-state index is -1.23. The molecule has 3 rings (SSSR count). The summed E-state index contributed by atoms with van der Waals surface area (Å²) in [4.78, 5) is 24.3. The smallest absolute Gasteiger partial charge is 0.303 e. The van der Waals surface area contributed by atoms with Gasteiger partial charge in [-0.25, -0.2) is 0 Å². The number of aliphatic hydroxyl groups is 1. The van der Waals surface area contributed by atoms with Crippen molar-refractivity contribution in [1.82, 2.24) is 0 Å². The summed E-state index contributed by atoms with van der Waals surface area (Å²) in [6.07, 6.45) is -4.06. The van der Waals surface area contributed by atoms with Crippen LogP contribution in [0.15, 0.2) is 65.6 Å². The standard InChI is InChI=1S/C23H26O7S/c1-15(24)28-21-20(26)19(14-27-13-17-9-5-3-6-10-17)30-23(22(21)29-16(2)25)31-18-11-7-4-8-12-18/h3-12,19-23,26H,13-14H2,1-2H3/t19?,20-,21?,22?,23+/m1/s1. The summed E-state index contributed by atoms with van der Waals surface area (Å²) in [6.45, 7) is 2.92. The number of carbonyl (C=O) groups is 2. The van der Waals surface area contributed by atoms with Crippen molar-refractivity contribution in [3.05, 3.63) is 66.2 Å². The van der Waals surface area contributed by atoms with Gasteiger partial charge in [0.05, 0.1) is 13.2 Å². The molecule has 1 aliphatic heterocycles. The van der Waals surface area contributed by atoms with E-state index in [4.69, 9.17) is 18.9 Å². The molecule has 1 N–H and O–H groups in total. The summed E-state index contributed by atoms with van der Waals surface area (Å²) in [7, 11) is 0. The molecule has 1 heterocycles. The number of carbonyl (C=O) groups excluding carboxylic acids is 2. The molecule has 3 unspecified atom stereocenters. The highest BCUT2D eigenvalue weighted by atomic mass is 32.2. The number of hydrogen-bond donors (Lipinski definition) is 1. The van der Waals surface area contributed by atoms with E-state index in [0.29, 0.717) is 6.61 Å². The first-order valence-electron chi connectivity index (χ1n) is 9.95. The lowest BCUT2D eigenvalue weighted by Crippen LogP contribution is -2.60. The fourth-order valence-corrected chi connectivity index (χ4v) is 4.39. The number of thioether (sulfide) groups is 1. The summed E-state index contributed by atoms with van der Waals surface area (Å²) in [6, 6.07) is 19.1. The number of esters is 2. The van der Waals surface area contributed by atoms with Crippen molar-refractivity contribution in [2.45, 2.75) is 55.2 Å². The molecule has 1 saturated heterocycles. The maximum absolute atomic E-state index is 11.7. The van der Waals surface area contributed by atoms with Gasteiger partial charge in [0.25, 0.3) is 0 Å². The average molecular weight is 447 g/mol. The monoisotopic (exact) mass is 446 g/mol. The quantitative estimate of drug-likeness (QED) is 0.619. The van der Waals surface area contributed by atoms with Crippen molar-refractivity contribution in [3.8, 4) is 0 Å². The van der Waals surface area contributed by atoms with E-state index in [2.05, 4.69) is 0 Å². The first kappa shape index (κ1) is 23.3. The second-order valence-electron chi connectivity index (χ2n) is 7.11. The van der Waals surface area contributed by atoms with Crippen molar-refractivity contribution < 1.29 is 33.6 Å². The molecule has 0 radical (unpaired) electrons. The number of hydrogen-bond acceptors (Lipinski definition) is 8. The predicted octanol–water partition coefficient (Wildman–Crippen LogP) is 2.94. The van der Waals surface area contributed by atoms with Gasteiger partial charge in [-0.05, 0) is 17.7 Å². The van der Waals surface area contributed by atoms with Crippen LogP contribution in [0.3, 0.4) is 0 Å². The zero-order valence-electron chi connectivity index (χ0n) is 17.4. The molecule has 0 aromatic heterocycles. The van der Waals surface area contributed by atoms with Crippen molar-refractivity contribution in [1.29, 1.82) is 0 Å². The van der Waals surface area contributed by atoms with Gasteiger partial charge in [0.1, 0.15) is 17.6 Å². The molecule has 2 aromatic rings. The number of rotatable bonds is 8. The van der Waals surface area contributed by atoms with E-state index < -0.39 is 41.8 Å². The van der Waals surface area contributed by atoms with Gasteiger partial charge in [0, 0.05) is 18.7 Å². The molecule has 5 atom stereocenters. The van der Waals surface area contributed by atoms with Gasteiger partial charge in [0.2, 0.25) is 0 Å². The van der Waals surface area contributed by atoms with Gasteiger partial charge in [0.15, 0.2) is 12.2 Å². The van der Waals surface area contributed by atoms with Gasteiger partial charge in [-0.2, -0.15) is 0 Å². The maximum atomic E-state index is 11.7. The lowest BCUT2D eigenvalue weighted by Gasteiger charge is -2.43. The van der Waals surface area contributed by atoms with Gasteiger partial charge in [-0.3, -0.25) is 9.59 Å². The lowest BCUT2D eigenvalue weighted by atomic mass is 9.99. The lowest BCUT2D eigenvalue weighted by molar-refractivity contribution is -0.231. The van der Waals surface area contributed by atoms with Crippen LogP contribution in [-0.2, 0) is 35.1 Å². The number of aliphatic hydroxyl groups excluding tert-OH is 1. The van der Waals surface area contributed by atoms with Crippen LogP contribution in [0.1, 0.15) is 19.4 Å². The molecule has 0 aliphatic carbocycles. The van der Waals surface area contributed by atoms with E-state index >= 15 is 0 Å². The first-order chi connectivity index (χ1) is 14.9. The highest BCUT2D eigenvalue weighted by molar-refractivity contribution is 7.99. The van der Waals surface area contributed by atoms with Crippen LogP contribution in [0.2, 0.25) is 0 Å². The van der Waals surface area contributed by atoms with Crippen LogP contribution in [0.5, 0.6) is 0 Å². The minimum absolute atomic E-state index is 0.0759. The van der Waals surface area contributed by atoms with Crippen molar-refractivity contribution in [2.24, 2.45) is 0 Å². The SMILES string of the molecule is CC(=O)OC1C(OC(C)=O)[C@H](Sc2ccccc2)OC(COCc2ccccc2)[C@H]1O. The highest BCUT2D eigenvalue weighted by Gasteiger charge is 2.49. The van der Waals surface area contributed by atoms with E-state index in [9.17, 15) is 14.7 Å². The largest absolute Gasteiger partial charge is 0.456 e. The van der Waals surface area contributed by atoms with E-state index in [-0.39, 0.29) is 6.61 Å². The van der Waals surface area contributed by atoms with Gasteiger partial charge in [-0.15, -0.1) is 0 Å². The summed E-state index contributed by atoms with van der Waals surface area (Å²) in [5, 5.41) is 10.9. The third-order valence-electron chi connectivity index (χ3n) is 4.61. The molecule has 0 saturated carbocycles. The molecule has 1 aliphatic rings. The molecule has 0 bridgehead atoms. The molecular weight excluding hydrogens is 420 g/mol. The Hall–Kier alpha value is -2.39. The number of benzene rings is 2. The Kier molecular flexibility index (Phi) is 8.48. The Labute approximate surface area is 185 Å². The first-order valence-corrected chi connectivity index (χ1v) is 10.8. The molecular formula is C23H26O7S. The molecule has 0 spiro atoms. The Balaban J connectivity index is 1.77. The van der Waals surface area contributed by atoms with E-state index in [1.54, 1.807) is 0 Å². The molecule has 1 fully saturated rings. The summed E-state index contributed by atoms with van der Waals surface area (Å²) in [5.41, 5.74) is 0.279. The van der Waals surface area contributed by atoms with E-state index in [0.717, 1.165) is 10.5 Å². The topological polar surface area (TPSA) is 91.3 Å². The Morgan fingerprint density at radius 2 is 1.52 bits per heavy atom. The molecule has 7 nitrogen and oxygen atoms in total. The summed E-state index contributed by atoms with van der Waals surface area (Å²) >= 11 is 1.32. The van der Waals surface area contributed by atoms with E-state index in [1.165, 1.54) is 25.6 Å². The van der Waals surface area contributed by atoms with Crippen molar-refractivity contribution in [3.63, 3.8) is 0 Å². The van der Waals surface area contributed by atoms with Crippen LogP contribution in [0, 0.1) is 0 Å². The van der Waals surface area contributed by atoms with Crippen molar-refractivity contribution >= 4 is 23.7 Å². The Morgan fingerprint density at radius 3 is 2.13 bits per heavy atom. The van der Waals surface area contributed by atoms with Crippen LogP contribution in [0.4, 0.5) is 0 Å². The van der Waals surface area contributed by atoms with Crippen LogP contribution < -0.4 is 0 Å². The minimum Gasteiger partial charge on any atom is -0.456 e. The van der Waals surface area contributed by atoms with Crippen molar-refractivity contribution in [2.75, 3.05) is 6.61 Å². The molecule has 2 aromatic carbocycles. The Morgan fingerprint density at radius 1 is 0.935 bits per heavy atom. The van der Waals surface area contributed by atoms with Crippen LogP contribution in [-0.4, -0.2) is 53.5 Å². The second kappa shape index (κ2) is 11.3. The fourth-order valence-electron chi connectivity index (χ4n) is 3.27. The molecule has 31 heavy (non-hydrogen) atoms. The molecule has 166 valence electrons. The van der Waals surface area contributed by atoms with Crippen LogP contribution in [0.25, 0.3) is 0 Å². The third-order valence-corrected chi connectivity index (χ3v) is 5.77. The van der Waals surface area contributed by atoms with Crippen LogP contribution >= 0.6 is 11.8 Å². The average Bonchev–Trinajstić information content (AvgIpc) is 2.74. The van der Waals surface area contributed by atoms with Gasteiger partial charge >= 0.3 is 11.9 Å². The number of ether oxygens (including phenoxy) is 4. The maximum Gasteiger partial charge on any atom is 0.303 e. The predicted molar refractivity (Wildman–Crippen MR) is 114 cm³/mol. The van der Waals surface area contributed by atoms with Gasteiger partial charge in [-0.1, -0.05) is 60.3 Å². The normalized spacial score (nSPS) is 25.6. The summed E-state index contributed by atoms with van der Waals surface area (Å²) < 4.78 is 22.6. The summed E-state index contributed by atoms with van der Waals surface area (Å²) in [5.74, 6) is -1.15. The fraction of sp³-hybridized carbons (Fsp3) is 0.391. The second-order valence-corrected chi connectivity index (χ2v) is 8.28. The third kappa shape index (κ3) is 6.80. The molecule has 0 amide bonds. The zero-order chi connectivity index (χ0) is 22.2. The highest BCUT2D eigenvalue weighted by Crippen LogP contribution is 2.36.